The standard InChI is InChI=1S/C20H10Cl2O/c21-11-5-7-15-17(9-11)13-3-1-2-4-14(13)19-16-8-6-12(22)10-18(16)23-20(15)19/h1-10H. The van der Waals surface area contributed by atoms with E-state index in [0.29, 0.717) is 5.02 Å². The van der Waals surface area contributed by atoms with Gasteiger partial charge in [0.25, 0.3) is 0 Å². The SMILES string of the molecule is Clc1ccc2c(c1)oc1c3ccc(Cl)cc3c3ccccc3c21. The van der Waals surface area contributed by atoms with Crippen LogP contribution < -0.4 is 0 Å². The van der Waals surface area contributed by atoms with Gasteiger partial charge in [-0.05, 0) is 46.5 Å². The van der Waals surface area contributed by atoms with Crippen LogP contribution in [0.3, 0.4) is 0 Å². The van der Waals surface area contributed by atoms with E-state index >= 15 is 0 Å². The average Bonchev–Trinajstić information content (AvgIpc) is 2.93. The van der Waals surface area contributed by atoms with Gasteiger partial charge < -0.3 is 4.42 Å². The molecule has 0 unspecified atom stereocenters. The first-order valence-electron chi connectivity index (χ1n) is 7.34. The Balaban J connectivity index is 2.18. The van der Waals surface area contributed by atoms with Crippen LogP contribution in [0.25, 0.3) is 43.5 Å². The van der Waals surface area contributed by atoms with Gasteiger partial charge in [0.2, 0.25) is 0 Å². The second kappa shape index (κ2) is 4.64. The summed E-state index contributed by atoms with van der Waals surface area (Å²) in [5.41, 5.74) is 1.69. The molecule has 1 nitrogen and oxygen atoms in total. The third-order valence-electron chi connectivity index (χ3n) is 4.36. The molecule has 1 heterocycles. The van der Waals surface area contributed by atoms with E-state index < -0.39 is 0 Å². The first kappa shape index (κ1) is 13.2. The van der Waals surface area contributed by atoms with Crippen LogP contribution >= 0.6 is 23.2 Å². The molecule has 4 aromatic carbocycles. The van der Waals surface area contributed by atoms with E-state index in [4.69, 9.17) is 27.6 Å². The van der Waals surface area contributed by atoms with Gasteiger partial charge in [0.15, 0.2) is 0 Å². The first-order valence-corrected chi connectivity index (χ1v) is 8.10. The summed E-state index contributed by atoms with van der Waals surface area (Å²) in [6.07, 6.45) is 0. The average molecular weight is 337 g/mol. The van der Waals surface area contributed by atoms with Gasteiger partial charge in [0.05, 0.1) is 0 Å². The van der Waals surface area contributed by atoms with Crippen LogP contribution in [0.15, 0.2) is 65.1 Å². The Labute approximate surface area is 142 Å². The van der Waals surface area contributed by atoms with Gasteiger partial charge in [-0.2, -0.15) is 0 Å². The molecular formula is C20H10Cl2O. The van der Waals surface area contributed by atoms with E-state index in [9.17, 15) is 0 Å². The monoisotopic (exact) mass is 336 g/mol. The van der Waals surface area contributed by atoms with E-state index in [1.807, 2.05) is 48.5 Å². The van der Waals surface area contributed by atoms with E-state index in [0.717, 1.165) is 37.7 Å². The first-order chi connectivity index (χ1) is 11.2. The molecule has 0 bridgehead atoms. The Morgan fingerprint density at radius 2 is 1.30 bits per heavy atom. The highest BCUT2D eigenvalue weighted by atomic mass is 35.5. The van der Waals surface area contributed by atoms with Crippen LogP contribution in [0, 0.1) is 0 Å². The van der Waals surface area contributed by atoms with Crippen molar-refractivity contribution in [2.24, 2.45) is 0 Å². The smallest absolute Gasteiger partial charge is 0.143 e. The molecule has 0 amide bonds. The van der Waals surface area contributed by atoms with Crippen molar-refractivity contribution in [1.29, 1.82) is 0 Å². The maximum absolute atomic E-state index is 6.22. The van der Waals surface area contributed by atoms with Gasteiger partial charge in [-0.15, -0.1) is 0 Å². The second-order valence-electron chi connectivity index (χ2n) is 5.68. The highest BCUT2D eigenvalue weighted by Gasteiger charge is 2.15. The van der Waals surface area contributed by atoms with Crippen LogP contribution in [0.5, 0.6) is 0 Å². The molecule has 0 saturated heterocycles. The molecular weight excluding hydrogens is 327 g/mol. The van der Waals surface area contributed by atoms with Gasteiger partial charge in [0, 0.05) is 32.3 Å². The summed E-state index contributed by atoms with van der Waals surface area (Å²) < 4.78 is 6.17. The summed E-state index contributed by atoms with van der Waals surface area (Å²) >= 11 is 12.3. The molecule has 0 fully saturated rings. The second-order valence-corrected chi connectivity index (χ2v) is 6.56. The van der Waals surface area contributed by atoms with Crippen molar-refractivity contribution in [1.82, 2.24) is 0 Å². The van der Waals surface area contributed by atoms with Gasteiger partial charge in [-0.25, -0.2) is 0 Å². The molecule has 3 heteroatoms. The summed E-state index contributed by atoms with van der Waals surface area (Å²) in [6, 6.07) is 20.1. The Kier molecular flexibility index (Phi) is 2.67. The van der Waals surface area contributed by atoms with Crippen LogP contribution in [0.4, 0.5) is 0 Å². The van der Waals surface area contributed by atoms with Crippen molar-refractivity contribution < 1.29 is 4.42 Å². The maximum atomic E-state index is 6.22. The third kappa shape index (κ3) is 1.81. The highest BCUT2D eigenvalue weighted by Crippen LogP contribution is 2.41. The minimum absolute atomic E-state index is 0.674. The maximum Gasteiger partial charge on any atom is 0.143 e. The van der Waals surface area contributed by atoms with Gasteiger partial charge in [0.1, 0.15) is 11.2 Å². The number of hydrogen-bond donors (Lipinski definition) is 0. The Hall–Kier alpha value is -2.22. The van der Waals surface area contributed by atoms with E-state index in [1.54, 1.807) is 0 Å². The quantitative estimate of drug-likeness (QED) is 0.272. The predicted octanol–water partition coefficient (Wildman–Crippen LogP) is 7.20. The van der Waals surface area contributed by atoms with Crippen molar-refractivity contribution >= 4 is 66.7 Å². The van der Waals surface area contributed by atoms with Crippen molar-refractivity contribution in [3.63, 3.8) is 0 Å². The molecule has 0 spiro atoms. The molecule has 5 rings (SSSR count). The summed E-state index contributed by atoms with van der Waals surface area (Å²) in [4.78, 5) is 0. The molecule has 0 atom stereocenters. The minimum Gasteiger partial charge on any atom is -0.455 e. The topological polar surface area (TPSA) is 13.1 Å². The molecule has 5 aromatic rings. The largest absolute Gasteiger partial charge is 0.455 e. The van der Waals surface area contributed by atoms with Crippen LogP contribution in [0.2, 0.25) is 10.0 Å². The van der Waals surface area contributed by atoms with Crippen molar-refractivity contribution in [3.8, 4) is 0 Å². The van der Waals surface area contributed by atoms with Gasteiger partial charge in [-0.1, -0.05) is 47.5 Å². The summed E-state index contributed by atoms with van der Waals surface area (Å²) in [5.74, 6) is 0. The zero-order valence-corrected chi connectivity index (χ0v) is 13.4. The predicted molar refractivity (Wildman–Crippen MR) is 98.8 cm³/mol. The molecule has 110 valence electrons. The molecule has 0 radical (unpaired) electrons. The number of benzene rings is 4. The number of rotatable bonds is 0. The van der Waals surface area contributed by atoms with E-state index in [2.05, 4.69) is 12.1 Å². The number of fused-ring (bicyclic) bond motifs is 8. The fourth-order valence-electron chi connectivity index (χ4n) is 3.40. The van der Waals surface area contributed by atoms with Crippen LogP contribution in [-0.4, -0.2) is 0 Å². The van der Waals surface area contributed by atoms with E-state index in [-0.39, 0.29) is 0 Å². The van der Waals surface area contributed by atoms with Crippen molar-refractivity contribution in [2.75, 3.05) is 0 Å². The molecule has 0 saturated carbocycles. The van der Waals surface area contributed by atoms with Crippen molar-refractivity contribution in [2.45, 2.75) is 0 Å². The lowest BCUT2D eigenvalue weighted by Crippen LogP contribution is -1.80. The Morgan fingerprint density at radius 1 is 0.609 bits per heavy atom. The number of furan rings is 1. The summed E-state index contributed by atoms with van der Waals surface area (Å²) in [5, 5.41) is 8.11. The number of hydrogen-bond acceptors (Lipinski definition) is 1. The normalized spacial score (nSPS) is 11.9. The molecule has 0 aliphatic heterocycles. The van der Waals surface area contributed by atoms with Crippen LogP contribution in [-0.2, 0) is 0 Å². The Bertz CT molecular complexity index is 1230. The fraction of sp³-hybridized carbons (Fsp3) is 0. The lowest BCUT2D eigenvalue weighted by Gasteiger charge is -2.06. The van der Waals surface area contributed by atoms with Gasteiger partial charge >= 0.3 is 0 Å². The van der Waals surface area contributed by atoms with Gasteiger partial charge in [-0.3, -0.25) is 0 Å². The zero-order valence-electron chi connectivity index (χ0n) is 11.9. The Morgan fingerprint density at radius 3 is 2.13 bits per heavy atom. The highest BCUT2D eigenvalue weighted by molar-refractivity contribution is 6.35. The van der Waals surface area contributed by atoms with Crippen molar-refractivity contribution in [3.05, 3.63) is 70.7 Å². The molecule has 0 aliphatic carbocycles. The molecule has 1 aromatic heterocycles. The molecule has 0 aliphatic rings. The fourth-order valence-corrected chi connectivity index (χ4v) is 3.73. The number of halogens is 2. The lowest BCUT2D eigenvalue weighted by atomic mass is 9.97. The summed E-state index contributed by atoms with van der Waals surface area (Å²) in [6.45, 7) is 0. The molecule has 0 N–H and O–H groups in total. The lowest BCUT2D eigenvalue weighted by molar-refractivity contribution is 0.673. The zero-order chi connectivity index (χ0) is 15.6. The van der Waals surface area contributed by atoms with E-state index in [1.165, 1.54) is 10.8 Å². The van der Waals surface area contributed by atoms with Crippen LogP contribution in [0.1, 0.15) is 0 Å². The third-order valence-corrected chi connectivity index (χ3v) is 4.84. The minimum atomic E-state index is 0.674. The molecule has 23 heavy (non-hydrogen) atoms. The summed E-state index contributed by atoms with van der Waals surface area (Å²) in [7, 11) is 0.